The van der Waals surface area contributed by atoms with E-state index in [4.69, 9.17) is 0 Å². The van der Waals surface area contributed by atoms with Gasteiger partial charge in [-0.3, -0.25) is 0 Å². The van der Waals surface area contributed by atoms with Crippen molar-refractivity contribution >= 4 is 22.9 Å². The van der Waals surface area contributed by atoms with Gasteiger partial charge in [-0.25, -0.2) is 4.79 Å². The number of hydrogen-bond acceptors (Lipinski definition) is 2. The zero-order valence-corrected chi connectivity index (χ0v) is 8.36. The van der Waals surface area contributed by atoms with Crippen molar-refractivity contribution in [1.82, 2.24) is 4.98 Å². The molecule has 0 bridgehead atoms. The molecule has 0 radical (unpaired) electrons. The van der Waals surface area contributed by atoms with E-state index in [2.05, 4.69) is 9.72 Å². The third kappa shape index (κ3) is 2.07. The molecule has 1 aromatic heterocycles. The van der Waals surface area contributed by atoms with Gasteiger partial charge in [-0.2, -0.15) is 0 Å². The summed E-state index contributed by atoms with van der Waals surface area (Å²) < 4.78 is 4.51. The van der Waals surface area contributed by atoms with E-state index in [0.717, 1.165) is 16.6 Å². The summed E-state index contributed by atoms with van der Waals surface area (Å²) in [5.74, 6) is -0.353. The van der Waals surface area contributed by atoms with E-state index in [1.165, 1.54) is 13.2 Å². The minimum absolute atomic E-state index is 0.353. The Hall–Kier alpha value is -2.03. The average Bonchev–Trinajstić information content (AvgIpc) is 2.68. The highest BCUT2D eigenvalue weighted by Gasteiger charge is 1.97. The number of hydrogen-bond donors (Lipinski definition) is 1. The van der Waals surface area contributed by atoms with E-state index in [9.17, 15) is 4.79 Å². The van der Waals surface area contributed by atoms with Gasteiger partial charge in [-0.05, 0) is 23.6 Å². The lowest BCUT2D eigenvalue weighted by atomic mass is 10.2. The molecule has 0 unspecified atom stereocenters. The van der Waals surface area contributed by atoms with Gasteiger partial charge in [0.1, 0.15) is 0 Å². The van der Waals surface area contributed by atoms with Crippen LogP contribution < -0.4 is 0 Å². The van der Waals surface area contributed by atoms with Crippen molar-refractivity contribution in [3.05, 3.63) is 42.1 Å². The number of aromatic amines is 1. The summed E-state index contributed by atoms with van der Waals surface area (Å²) in [6.45, 7) is 0. The van der Waals surface area contributed by atoms with Crippen LogP contribution in [0.4, 0.5) is 0 Å². The third-order valence-corrected chi connectivity index (χ3v) is 2.15. The standard InChI is InChI=1S/C12H11NO2/c1-15-12(14)7-6-10-8-9-4-2-3-5-11(9)13-10/h2-8,13H,1H3. The minimum atomic E-state index is -0.353. The van der Waals surface area contributed by atoms with Crippen molar-refractivity contribution in [2.45, 2.75) is 0 Å². The predicted molar refractivity (Wildman–Crippen MR) is 59.3 cm³/mol. The predicted octanol–water partition coefficient (Wildman–Crippen LogP) is 2.35. The average molecular weight is 201 g/mol. The first-order valence-corrected chi connectivity index (χ1v) is 4.63. The van der Waals surface area contributed by atoms with Crippen LogP contribution in [0.25, 0.3) is 17.0 Å². The molecule has 1 aromatic carbocycles. The number of benzene rings is 1. The van der Waals surface area contributed by atoms with Gasteiger partial charge < -0.3 is 9.72 Å². The third-order valence-electron chi connectivity index (χ3n) is 2.15. The maximum atomic E-state index is 10.9. The second-order valence-corrected chi connectivity index (χ2v) is 3.17. The van der Waals surface area contributed by atoms with Crippen LogP contribution in [0.3, 0.4) is 0 Å². The number of ether oxygens (including phenoxy) is 1. The van der Waals surface area contributed by atoms with Crippen LogP contribution in [0.5, 0.6) is 0 Å². The Balaban J connectivity index is 2.29. The summed E-state index contributed by atoms with van der Waals surface area (Å²) in [6.07, 6.45) is 3.09. The monoisotopic (exact) mass is 201 g/mol. The van der Waals surface area contributed by atoms with Gasteiger partial charge in [0.25, 0.3) is 0 Å². The second-order valence-electron chi connectivity index (χ2n) is 3.17. The Kier molecular flexibility index (Phi) is 2.54. The maximum absolute atomic E-state index is 10.9. The lowest BCUT2D eigenvalue weighted by Crippen LogP contribution is -1.93. The number of carbonyl (C=O) groups excluding carboxylic acids is 1. The Morgan fingerprint density at radius 1 is 1.40 bits per heavy atom. The van der Waals surface area contributed by atoms with Crippen molar-refractivity contribution in [3.63, 3.8) is 0 Å². The van der Waals surface area contributed by atoms with E-state index >= 15 is 0 Å². The molecule has 0 saturated carbocycles. The van der Waals surface area contributed by atoms with E-state index in [-0.39, 0.29) is 5.97 Å². The molecule has 1 heterocycles. The van der Waals surface area contributed by atoms with Crippen molar-refractivity contribution in [2.24, 2.45) is 0 Å². The summed E-state index contributed by atoms with van der Waals surface area (Å²) in [5.41, 5.74) is 1.95. The van der Waals surface area contributed by atoms with Crippen LogP contribution in [0.2, 0.25) is 0 Å². The Bertz CT molecular complexity index is 478. The zero-order chi connectivity index (χ0) is 10.7. The highest BCUT2D eigenvalue weighted by atomic mass is 16.5. The van der Waals surface area contributed by atoms with E-state index in [0.29, 0.717) is 0 Å². The molecule has 2 rings (SSSR count). The summed E-state index contributed by atoms with van der Waals surface area (Å²) in [7, 11) is 1.36. The highest BCUT2D eigenvalue weighted by molar-refractivity contribution is 5.89. The topological polar surface area (TPSA) is 42.1 Å². The fourth-order valence-electron chi connectivity index (χ4n) is 1.41. The molecule has 3 heteroatoms. The van der Waals surface area contributed by atoms with Crippen molar-refractivity contribution < 1.29 is 9.53 Å². The minimum Gasteiger partial charge on any atom is -0.466 e. The Morgan fingerprint density at radius 3 is 2.93 bits per heavy atom. The molecule has 3 nitrogen and oxygen atoms in total. The van der Waals surface area contributed by atoms with Gasteiger partial charge >= 0.3 is 5.97 Å². The SMILES string of the molecule is COC(=O)C=Cc1cc2ccccc2[nH]1. The molecular weight excluding hydrogens is 190 g/mol. The van der Waals surface area contributed by atoms with Crippen LogP contribution in [-0.4, -0.2) is 18.1 Å². The highest BCUT2D eigenvalue weighted by Crippen LogP contribution is 2.15. The van der Waals surface area contributed by atoms with E-state index in [1.807, 2.05) is 30.3 Å². The molecule has 0 atom stereocenters. The van der Waals surface area contributed by atoms with Gasteiger partial charge in [0.2, 0.25) is 0 Å². The smallest absolute Gasteiger partial charge is 0.330 e. The van der Waals surface area contributed by atoms with Crippen LogP contribution in [-0.2, 0) is 9.53 Å². The number of methoxy groups -OCH3 is 1. The number of rotatable bonds is 2. The molecular formula is C12H11NO2. The lowest BCUT2D eigenvalue weighted by Gasteiger charge is -1.88. The number of fused-ring (bicyclic) bond motifs is 1. The fourth-order valence-corrected chi connectivity index (χ4v) is 1.41. The first-order chi connectivity index (χ1) is 7.29. The second kappa shape index (κ2) is 4.00. The molecule has 0 fully saturated rings. The number of nitrogens with one attached hydrogen (secondary N) is 1. The quantitative estimate of drug-likeness (QED) is 0.598. The Labute approximate surface area is 87.4 Å². The lowest BCUT2D eigenvalue weighted by molar-refractivity contribution is -0.134. The van der Waals surface area contributed by atoms with Gasteiger partial charge in [-0.1, -0.05) is 18.2 Å². The first-order valence-electron chi connectivity index (χ1n) is 4.63. The number of aromatic nitrogens is 1. The van der Waals surface area contributed by atoms with Gasteiger partial charge in [0.15, 0.2) is 0 Å². The summed E-state index contributed by atoms with van der Waals surface area (Å²) in [4.78, 5) is 14.1. The van der Waals surface area contributed by atoms with Crippen molar-refractivity contribution in [3.8, 4) is 0 Å². The molecule has 2 aromatic rings. The number of carbonyl (C=O) groups is 1. The van der Waals surface area contributed by atoms with Crippen molar-refractivity contribution in [1.29, 1.82) is 0 Å². The molecule has 0 aliphatic rings. The van der Waals surface area contributed by atoms with Crippen LogP contribution in [0.1, 0.15) is 5.69 Å². The Morgan fingerprint density at radius 2 is 2.20 bits per heavy atom. The molecule has 0 aliphatic carbocycles. The zero-order valence-electron chi connectivity index (χ0n) is 8.36. The van der Waals surface area contributed by atoms with Crippen LogP contribution >= 0.6 is 0 Å². The van der Waals surface area contributed by atoms with E-state index < -0.39 is 0 Å². The number of H-pyrrole nitrogens is 1. The first kappa shape index (κ1) is 9.52. The number of para-hydroxylation sites is 1. The van der Waals surface area contributed by atoms with Gasteiger partial charge in [0, 0.05) is 17.3 Å². The van der Waals surface area contributed by atoms with Gasteiger partial charge in [-0.15, -0.1) is 0 Å². The van der Waals surface area contributed by atoms with Gasteiger partial charge in [0.05, 0.1) is 7.11 Å². The maximum Gasteiger partial charge on any atom is 0.330 e. The van der Waals surface area contributed by atoms with Crippen molar-refractivity contribution in [2.75, 3.05) is 7.11 Å². The number of esters is 1. The van der Waals surface area contributed by atoms with Crippen LogP contribution in [0, 0.1) is 0 Å². The molecule has 0 saturated heterocycles. The molecule has 76 valence electrons. The molecule has 0 aliphatic heterocycles. The summed E-state index contributed by atoms with van der Waals surface area (Å²) in [6, 6.07) is 9.93. The largest absolute Gasteiger partial charge is 0.466 e. The summed E-state index contributed by atoms with van der Waals surface area (Å²) in [5, 5.41) is 1.13. The molecule has 15 heavy (non-hydrogen) atoms. The van der Waals surface area contributed by atoms with E-state index in [1.54, 1.807) is 6.08 Å². The summed E-state index contributed by atoms with van der Waals surface area (Å²) >= 11 is 0. The molecule has 0 spiro atoms. The normalized spacial score (nSPS) is 11.0. The molecule has 1 N–H and O–H groups in total. The fraction of sp³-hybridized carbons (Fsp3) is 0.0833. The van der Waals surface area contributed by atoms with Crippen LogP contribution in [0.15, 0.2) is 36.4 Å². The molecule has 0 amide bonds.